The van der Waals surface area contributed by atoms with Gasteiger partial charge in [-0.1, -0.05) is 19.4 Å². The number of pyridine rings is 1. The number of benzene rings is 1. The largest absolute Gasteiger partial charge is 0.351 e. The lowest BCUT2D eigenvalue weighted by Crippen LogP contribution is -2.56. The highest BCUT2D eigenvalue weighted by atomic mass is 32.5. The molecule has 1 unspecified atom stereocenters. The van der Waals surface area contributed by atoms with Crippen molar-refractivity contribution in [3.8, 4) is 6.19 Å². The van der Waals surface area contributed by atoms with Gasteiger partial charge in [0.05, 0.1) is 12.7 Å². The molecule has 7 nitrogen and oxygen atoms in total. The van der Waals surface area contributed by atoms with Gasteiger partial charge in [-0.05, 0) is 49.6 Å². The highest BCUT2D eigenvalue weighted by Crippen LogP contribution is 3.02. The first kappa shape index (κ1) is 33.1. The van der Waals surface area contributed by atoms with Crippen LogP contribution in [0.1, 0.15) is 50.1 Å². The fourth-order valence-corrected chi connectivity index (χ4v) is 5.84. The summed E-state index contributed by atoms with van der Waals surface area (Å²) in [6.45, 7) is -1.22. The molecule has 44 heavy (non-hydrogen) atoms. The summed E-state index contributed by atoms with van der Waals surface area (Å²) in [6.07, 6.45) is -0.0912. The van der Waals surface area contributed by atoms with Gasteiger partial charge in [-0.25, -0.2) is 22.0 Å². The standard InChI is InChI=1S/C26H25F10N5O2S/c27-17-11-16(12-38-13-17)22(23(42)39-18-5-8-25(28,29)9-6-18)41(19-1-3-20(4-2-19)44(32,33,34,35)36)24(43)21-7-10-26(30,31)14-40(21)15-37/h1-4,11-13,18,21-22H,5-10,14H2,(H,39,42)/t21-,22?/m1/s1. The van der Waals surface area contributed by atoms with Gasteiger partial charge < -0.3 is 5.32 Å². The normalized spacial score (nSPS) is 22.6. The summed E-state index contributed by atoms with van der Waals surface area (Å²) in [5, 5.41) is 12.0. The minimum absolute atomic E-state index is 0.0454. The van der Waals surface area contributed by atoms with Crippen LogP contribution in [0.4, 0.5) is 47.1 Å². The van der Waals surface area contributed by atoms with Crippen LogP contribution in [0.2, 0.25) is 0 Å². The van der Waals surface area contributed by atoms with E-state index < -0.39 is 101 Å². The third-order valence-corrected chi connectivity index (χ3v) is 8.55. The topological polar surface area (TPSA) is 89.3 Å². The molecular weight excluding hydrogens is 636 g/mol. The molecule has 1 aliphatic carbocycles. The van der Waals surface area contributed by atoms with Crippen LogP contribution in [0.5, 0.6) is 0 Å². The summed E-state index contributed by atoms with van der Waals surface area (Å²) in [6, 6.07) is -3.05. The molecule has 0 spiro atoms. The first-order valence-corrected chi connectivity index (χ1v) is 15.0. The number of amides is 2. The van der Waals surface area contributed by atoms with E-state index in [0.29, 0.717) is 21.9 Å². The Balaban J connectivity index is 1.83. The van der Waals surface area contributed by atoms with Gasteiger partial charge in [-0.15, -0.1) is 0 Å². The molecule has 242 valence electrons. The molecule has 0 bridgehead atoms. The highest BCUT2D eigenvalue weighted by molar-refractivity contribution is 8.45. The number of halogens is 10. The van der Waals surface area contributed by atoms with Gasteiger partial charge in [0, 0.05) is 42.8 Å². The molecule has 2 amide bonds. The van der Waals surface area contributed by atoms with Gasteiger partial charge in [0.2, 0.25) is 11.8 Å². The van der Waals surface area contributed by atoms with Crippen molar-refractivity contribution < 1.29 is 51.0 Å². The van der Waals surface area contributed by atoms with E-state index in [1.54, 1.807) is 0 Å². The average molecular weight is 662 g/mol. The van der Waals surface area contributed by atoms with E-state index in [9.17, 15) is 56.2 Å². The number of hydrogen-bond acceptors (Lipinski definition) is 5. The number of hydrogen-bond donors (Lipinski definition) is 1. The molecule has 1 N–H and O–H groups in total. The van der Waals surface area contributed by atoms with Crippen molar-refractivity contribution in [2.24, 2.45) is 0 Å². The quantitative estimate of drug-likeness (QED) is 0.250. The fraction of sp³-hybridized carbons (Fsp3) is 0.462. The predicted molar refractivity (Wildman–Crippen MR) is 138 cm³/mol. The number of nitrogens with zero attached hydrogens (tertiary/aromatic N) is 4. The number of anilines is 1. The summed E-state index contributed by atoms with van der Waals surface area (Å²) in [5.41, 5.74) is -0.992. The van der Waals surface area contributed by atoms with Gasteiger partial charge in [0.1, 0.15) is 22.8 Å². The highest BCUT2D eigenvalue weighted by Gasteiger charge is 2.65. The van der Waals surface area contributed by atoms with E-state index in [-0.39, 0.29) is 30.5 Å². The molecule has 2 heterocycles. The molecule has 1 aromatic heterocycles. The molecule has 0 radical (unpaired) electrons. The van der Waals surface area contributed by atoms with Crippen LogP contribution < -0.4 is 10.2 Å². The number of likely N-dealkylation sites (tertiary alicyclic amines) is 1. The number of nitrogens with one attached hydrogen (secondary N) is 1. The molecule has 1 aliphatic heterocycles. The molecule has 2 atom stereocenters. The molecule has 18 heteroatoms. The Morgan fingerprint density at radius 3 is 2.11 bits per heavy atom. The molecule has 2 aromatic rings. The van der Waals surface area contributed by atoms with Crippen molar-refractivity contribution in [3.63, 3.8) is 0 Å². The van der Waals surface area contributed by atoms with Gasteiger partial charge in [-0.3, -0.25) is 24.4 Å². The van der Waals surface area contributed by atoms with Crippen LogP contribution >= 0.6 is 10.2 Å². The van der Waals surface area contributed by atoms with Crippen LogP contribution in [0, 0.1) is 17.3 Å². The van der Waals surface area contributed by atoms with Crippen molar-refractivity contribution in [1.29, 1.82) is 5.26 Å². The maximum absolute atomic E-state index is 14.3. The zero-order valence-corrected chi connectivity index (χ0v) is 23.3. The maximum atomic E-state index is 14.3. The summed E-state index contributed by atoms with van der Waals surface area (Å²) >= 11 is 0. The van der Waals surface area contributed by atoms with Gasteiger partial charge in [0.25, 0.3) is 11.8 Å². The zero-order valence-electron chi connectivity index (χ0n) is 22.5. The van der Waals surface area contributed by atoms with Gasteiger partial charge in [0.15, 0.2) is 6.19 Å². The van der Waals surface area contributed by atoms with E-state index >= 15 is 0 Å². The number of alkyl halides is 4. The SMILES string of the molecule is N#CN1CC(F)(F)CC[C@@H]1C(=O)N(c1ccc(S(F)(F)(F)(F)F)cc1)C(C(=O)NC1CCC(F)(F)CC1)c1cncc(F)c1. The number of aromatic nitrogens is 1. The Bertz CT molecular complexity index is 1460. The second kappa shape index (κ2) is 10.7. The van der Waals surface area contributed by atoms with Crippen molar-refractivity contribution >= 4 is 27.7 Å². The third-order valence-electron chi connectivity index (χ3n) is 7.38. The Morgan fingerprint density at radius 1 is 0.977 bits per heavy atom. The third kappa shape index (κ3) is 7.66. The molecule has 2 fully saturated rings. The van der Waals surface area contributed by atoms with Crippen molar-refractivity contribution in [2.75, 3.05) is 11.4 Å². The van der Waals surface area contributed by atoms with Crippen LogP contribution in [0.3, 0.4) is 0 Å². The first-order valence-electron chi connectivity index (χ1n) is 13.1. The zero-order chi connectivity index (χ0) is 32.8. The molecule has 1 saturated heterocycles. The van der Waals surface area contributed by atoms with Crippen LogP contribution in [0.15, 0.2) is 47.6 Å². The molecule has 1 saturated carbocycles. The Morgan fingerprint density at radius 2 is 1.57 bits per heavy atom. The lowest BCUT2D eigenvalue weighted by Gasteiger charge is -2.41. The van der Waals surface area contributed by atoms with Crippen molar-refractivity contribution in [3.05, 3.63) is 54.1 Å². The minimum Gasteiger partial charge on any atom is -0.351 e. The predicted octanol–water partition coefficient (Wildman–Crippen LogP) is 7.23. The number of rotatable bonds is 7. The summed E-state index contributed by atoms with van der Waals surface area (Å²) < 4.78 is 137. The van der Waals surface area contributed by atoms with Gasteiger partial charge in [-0.2, -0.15) is 5.26 Å². The Hall–Kier alpha value is -3.75. The van der Waals surface area contributed by atoms with Crippen LogP contribution in [0.25, 0.3) is 0 Å². The molecule has 4 rings (SSSR count). The smallest absolute Gasteiger partial charge is 0.310 e. The molecule has 1 aromatic carbocycles. The van der Waals surface area contributed by atoms with Crippen LogP contribution in [-0.4, -0.2) is 52.2 Å². The minimum atomic E-state index is -10.2. The molecular formula is C26H25F10N5O2S. The monoisotopic (exact) mass is 661 g/mol. The summed E-state index contributed by atoms with van der Waals surface area (Å²) in [5.74, 6) is -9.84. The Kier molecular flexibility index (Phi) is 8.06. The maximum Gasteiger partial charge on any atom is 0.310 e. The lowest BCUT2D eigenvalue weighted by atomic mass is 9.91. The van der Waals surface area contributed by atoms with E-state index in [4.69, 9.17) is 0 Å². The second-order valence-corrected chi connectivity index (χ2v) is 13.2. The summed E-state index contributed by atoms with van der Waals surface area (Å²) in [4.78, 5) is 29.9. The first-order chi connectivity index (χ1) is 20.1. The number of carbonyl (C=O) groups excluding carboxylic acids is 2. The van der Waals surface area contributed by atoms with E-state index in [1.165, 1.54) is 6.19 Å². The number of carbonyl (C=O) groups is 2. The number of nitriles is 1. The Labute approximate surface area is 244 Å². The second-order valence-electron chi connectivity index (χ2n) is 10.8. The fourth-order valence-electron chi connectivity index (χ4n) is 5.19. The number of piperidine rings is 1. The lowest BCUT2D eigenvalue weighted by molar-refractivity contribution is -0.133. The van der Waals surface area contributed by atoms with Crippen molar-refractivity contribution in [1.82, 2.24) is 15.2 Å². The average Bonchev–Trinajstić information content (AvgIpc) is 2.90. The van der Waals surface area contributed by atoms with Crippen LogP contribution in [-0.2, 0) is 9.59 Å². The summed E-state index contributed by atoms with van der Waals surface area (Å²) in [7, 11) is -10.2. The molecule has 2 aliphatic rings. The van der Waals surface area contributed by atoms with E-state index in [0.717, 1.165) is 18.5 Å². The van der Waals surface area contributed by atoms with E-state index in [2.05, 4.69) is 10.3 Å². The van der Waals surface area contributed by atoms with Crippen molar-refractivity contribution in [2.45, 2.75) is 73.4 Å². The van der Waals surface area contributed by atoms with E-state index in [1.807, 2.05) is 0 Å². The van der Waals surface area contributed by atoms with Gasteiger partial charge >= 0.3 is 10.2 Å².